The van der Waals surface area contributed by atoms with Crippen LogP contribution in [0.1, 0.15) is 11.1 Å². The van der Waals surface area contributed by atoms with Crippen LogP contribution < -0.4 is 10.2 Å². The third kappa shape index (κ3) is 5.10. The van der Waals surface area contributed by atoms with Crippen molar-refractivity contribution in [2.24, 2.45) is 0 Å². The zero-order valence-electron chi connectivity index (χ0n) is 14.5. The molecule has 0 spiro atoms. The Morgan fingerprint density at radius 3 is 2.44 bits per heavy atom. The topological polar surface area (TPSA) is 41.6 Å². The smallest absolute Gasteiger partial charge is 0.378 e. The van der Waals surface area contributed by atoms with Crippen molar-refractivity contribution >= 4 is 23.4 Å². The molecule has 7 heteroatoms. The standard InChI is InChI=1S/C20H19F3N2O2/c21-20(22,23)16-7-8-18(25-10-12-27-13-11-25)17(14-16)24-19(26)9-6-15-4-2-1-3-5-15/h1-9,14H,10-13H2,(H,24,26). The Kier molecular flexibility index (Phi) is 5.81. The van der Waals surface area contributed by atoms with Crippen molar-refractivity contribution in [3.05, 3.63) is 65.7 Å². The van der Waals surface area contributed by atoms with E-state index < -0.39 is 17.6 Å². The summed E-state index contributed by atoms with van der Waals surface area (Å²) >= 11 is 0. The van der Waals surface area contributed by atoms with E-state index in [9.17, 15) is 18.0 Å². The molecule has 0 unspecified atom stereocenters. The lowest BCUT2D eigenvalue weighted by Crippen LogP contribution is -2.36. The summed E-state index contributed by atoms with van der Waals surface area (Å²) in [6.45, 7) is 2.08. The molecule has 2 aromatic carbocycles. The lowest BCUT2D eigenvalue weighted by molar-refractivity contribution is -0.137. The van der Waals surface area contributed by atoms with Gasteiger partial charge in [-0.25, -0.2) is 0 Å². The lowest BCUT2D eigenvalue weighted by atomic mass is 10.1. The van der Waals surface area contributed by atoms with Crippen molar-refractivity contribution in [2.75, 3.05) is 36.5 Å². The SMILES string of the molecule is O=C(C=Cc1ccccc1)Nc1cc(C(F)(F)F)ccc1N1CCOCC1. The number of nitrogens with zero attached hydrogens (tertiary/aromatic N) is 1. The molecule has 0 aromatic heterocycles. The molecule has 0 atom stereocenters. The van der Waals surface area contributed by atoms with Gasteiger partial charge in [0.05, 0.1) is 30.2 Å². The molecule has 0 bridgehead atoms. The summed E-state index contributed by atoms with van der Waals surface area (Å²) in [5.41, 5.74) is 0.703. The minimum absolute atomic E-state index is 0.134. The number of hydrogen-bond donors (Lipinski definition) is 1. The van der Waals surface area contributed by atoms with Gasteiger partial charge in [0.25, 0.3) is 0 Å². The van der Waals surface area contributed by atoms with Gasteiger partial charge in [-0.15, -0.1) is 0 Å². The number of anilines is 2. The molecule has 1 amide bonds. The van der Waals surface area contributed by atoms with Crippen molar-refractivity contribution in [1.82, 2.24) is 0 Å². The van der Waals surface area contributed by atoms with E-state index in [-0.39, 0.29) is 5.69 Å². The summed E-state index contributed by atoms with van der Waals surface area (Å²) < 4.78 is 44.6. The number of benzene rings is 2. The second kappa shape index (κ2) is 8.26. The highest BCUT2D eigenvalue weighted by Gasteiger charge is 2.31. The maximum Gasteiger partial charge on any atom is 0.416 e. The molecule has 1 heterocycles. The number of hydrogen-bond acceptors (Lipinski definition) is 3. The van der Waals surface area contributed by atoms with Crippen LogP contribution in [0, 0.1) is 0 Å². The monoisotopic (exact) mass is 376 g/mol. The maximum atomic E-state index is 13.1. The molecule has 1 fully saturated rings. The third-order valence-corrected chi connectivity index (χ3v) is 4.16. The van der Waals surface area contributed by atoms with Crippen LogP contribution in [0.3, 0.4) is 0 Å². The summed E-state index contributed by atoms with van der Waals surface area (Å²) in [5, 5.41) is 2.58. The molecular formula is C20H19F3N2O2. The van der Waals surface area contributed by atoms with Crippen LogP contribution >= 0.6 is 0 Å². The highest BCUT2D eigenvalue weighted by atomic mass is 19.4. The van der Waals surface area contributed by atoms with Crippen LogP contribution in [0.25, 0.3) is 6.08 Å². The van der Waals surface area contributed by atoms with E-state index in [4.69, 9.17) is 4.74 Å². The predicted molar refractivity (Wildman–Crippen MR) is 98.6 cm³/mol. The van der Waals surface area contributed by atoms with E-state index in [1.54, 1.807) is 6.08 Å². The van der Waals surface area contributed by atoms with Crippen molar-refractivity contribution < 1.29 is 22.7 Å². The van der Waals surface area contributed by atoms with Crippen LogP contribution in [0.15, 0.2) is 54.6 Å². The lowest BCUT2D eigenvalue weighted by Gasteiger charge is -2.30. The highest BCUT2D eigenvalue weighted by molar-refractivity contribution is 6.03. The summed E-state index contributed by atoms with van der Waals surface area (Å²) in [4.78, 5) is 14.2. The number of morpholine rings is 1. The molecule has 4 nitrogen and oxygen atoms in total. The van der Waals surface area contributed by atoms with E-state index in [0.29, 0.717) is 32.0 Å². The quantitative estimate of drug-likeness (QED) is 0.814. The Morgan fingerprint density at radius 1 is 1.07 bits per heavy atom. The van der Waals surface area contributed by atoms with Gasteiger partial charge in [0.1, 0.15) is 0 Å². The molecule has 3 rings (SSSR count). The maximum absolute atomic E-state index is 13.1. The van der Waals surface area contributed by atoms with Crippen molar-refractivity contribution in [3.8, 4) is 0 Å². The molecule has 0 saturated carbocycles. The number of halogens is 3. The van der Waals surface area contributed by atoms with E-state index in [0.717, 1.165) is 17.7 Å². The van der Waals surface area contributed by atoms with Gasteiger partial charge < -0.3 is 15.0 Å². The number of ether oxygens (including phenoxy) is 1. The van der Waals surface area contributed by atoms with Gasteiger partial charge in [0.15, 0.2) is 0 Å². The van der Waals surface area contributed by atoms with Crippen LogP contribution in [0.5, 0.6) is 0 Å². The number of rotatable bonds is 4. The first-order valence-corrected chi connectivity index (χ1v) is 8.51. The molecule has 1 aliphatic heterocycles. The van der Waals surface area contributed by atoms with E-state index in [1.807, 2.05) is 35.2 Å². The van der Waals surface area contributed by atoms with Gasteiger partial charge in [0, 0.05) is 19.2 Å². The van der Waals surface area contributed by atoms with Crippen LogP contribution in [0.2, 0.25) is 0 Å². The number of alkyl halides is 3. The normalized spacial score (nSPS) is 15.1. The Morgan fingerprint density at radius 2 is 1.78 bits per heavy atom. The van der Waals surface area contributed by atoms with Crippen molar-refractivity contribution in [2.45, 2.75) is 6.18 Å². The minimum Gasteiger partial charge on any atom is -0.378 e. The number of amides is 1. The van der Waals surface area contributed by atoms with Crippen molar-refractivity contribution in [1.29, 1.82) is 0 Å². The van der Waals surface area contributed by atoms with Gasteiger partial charge in [-0.3, -0.25) is 4.79 Å². The minimum atomic E-state index is -4.48. The molecule has 0 radical (unpaired) electrons. The first-order chi connectivity index (χ1) is 12.9. The summed E-state index contributed by atoms with van der Waals surface area (Å²) in [7, 11) is 0. The molecule has 1 N–H and O–H groups in total. The van der Waals surface area contributed by atoms with Crippen LogP contribution in [-0.2, 0) is 15.7 Å². The van der Waals surface area contributed by atoms with E-state index in [1.165, 1.54) is 12.1 Å². The Bertz CT molecular complexity index is 814. The van der Waals surface area contributed by atoms with Gasteiger partial charge >= 0.3 is 6.18 Å². The first-order valence-electron chi connectivity index (χ1n) is 8.51. The number of carbonyl (C=O) groups excluding carboxylic acids is 1. The van der Waals surface area contributed by atoms with Crippen molar-refractivity contribution in [3.63, 3.8) is 0 Å². The highest BCUT2D eigenvalue weighted by Crippen LogP contribution is 2.35. The first kappa shape index (κ1) is 19.0. The van der Waals surface area contributed by atoms with Crippen LogP contribution in [0.4, 0.5) is 24.5 Å². The van der Waals surface area contributed by atoms with Crippen LogP contribution in [-0.4, -0.2) is 32.2 Å². The average molecular weight is 376 g/mol. The number of nitrogens with one attached hydrogen (secondary N) is 1. The number of carbonyl (C=O) groups is 1. The fourth-order valence-electron chi connectivity index (χ4n) is 2.80. The van der Waals surface area contributed by atoms with E-state index >= 15 is 0 Å². The zero-order chi connectivity index (χ0) is 19.3. The molecule has 27 heavy (non-hydrogen) atoms. The molecule has 0 aliphatic carbocycles. The van der Waals surface area contributed by atoms with Gasteiger partial charge in [-0.05, 0) is 29.8 Å². The average Bonchev–Trinajstić information content (AvgIpc) is 2.67. The molecular weight excluding hydrogens is 357 g/mol. The molecule has 142 valence electrons. The Labute approximate surface area is 155 Å². The Hall–Kier alpha value is -2.80. The molecule has 1 aliphatic rings. The third-order valence-electron chi connectivity index (χ3n) is 4.16. The molecule has 2 aromatic rings. The molecule has 1 saturated heterocycles. The zero-order valence-corrected chi connectivity index (χ0v) is 14.5. The second-order valence-electron chi connectivity index (χ2n) is 6.06. The predicted octanol–water partition coefficient (Wildman–Crippen LogP) is 4.19. The van der Waals surface area contributed by atoms with Gasteiger partial charge in [0.2, 0.25) is 5.91 Å². The summed E-state index contributed by atoms with van der Waals surface area (Å²) in [5.74, 6) is -0.493. The summed E-state index contributed by atoms with van der Waals surface area (Å²) in [6.07, 6.45) is -1.57. The second-order valence-corrected chi connectivity index (χ2v) is 6.06. The summed E-state index contributed by atoms with van der Waals surface area (Å²) in [6, 6.07) is 12.6. The van der Waals surface area contributed by atoms with Gasteiger partial charge in [-0.1, -0.05) is 30.3 Å². The van der Waals surface area contributed by atoms with E-state index in [2.05, 4.69) is 5.32 Å². The largest absolute Gasteiger partial charge is 0.416 e. The fourth-order valence-corrected chi connectivity index (χ4v) is 2.80. The van der Waals surface area contributed by atoms with Gasteiger partial charge in [-0.2, -0.15) is 13.2 Å². The Balaban J connectivity index is 1.84. The fraction of sp³-hybridized carbons (Fsp3) is 0.250.